The van der Waals surface area contributed by atoms with Crippen LogP contribution < -0.4 is 10.1 Å². The molecule has 1 aromatic rings. The van der Waals surface area contributed by atoms with Crippen LogP contribution in [0.4, 0.5) is 0 Å². The molecule has 0 aliphatic heterocycles. The topological polar surface area (TPSA) is 93.2 Å². The number of methoxy groups -OCH3 is 3. The van der Waals surface area contributed by atoms with Crippen LogP contribution in [0.1, 0.15) is 10.4 Å². The predicted octanol–water partition coefficient (Wildman–Crippen LogP) is 1.54. The third-order valence-corrected chi connectivity index (χ3v) is 3.34. The van der Waals surface area contributed by atoms with E-state index in [1.165, 1.54) is 20.3 Å². The standard InChI is InChI=1S/C16H17N3O4/c1-21-11-6-4-10(5-7-11)16(20)18-12-8-15(23-3)13(19-17)9-14(12)22-2/h4-9,15H,1-3H3,(H,18,20). The molecule has 1 amide bonds. The second-order valence-electron chi connectivity index (χ2n) is 4.66. The van der Waals surface area contributed by atoms with E-state index in [-0.39, 0.29) is 11.6 Å². The van der Waals surface area contributed by atoms with Crippen molar-refractivity contribution in [1.82, 2.24) is 5.32 Å². The van der Waals surface area contributed by atoms with E-state index in [4.69, 9.17) is 19.7 Å². The van der Waals surface area contributed by atoms with Crippen LogP contribution in [0.3, 0.4) is 0 Å². The van der Waals surface area contributed by atoms with Gasteiger partial charge in [0.05, 0.1) is 26.0 Å². The summed E-state index contributed by atoms with van der Waals surface area (Å²) in [6.45, 7) is 0. The molecule has 0 aromatic heterocycles. The summed E-state index contributed by atoms with van der Waals surface area (Å²) in [5.41, 5.74) is 10.2. The van der Waals surface area contributed by atoms with Gasteiger partial charge < -0.3 is 25.1 Å². The lowest BCUT2D eigenvalue weighted by Gasteiger charge is -2.18. The number of nitrogens with one attached hydrogen (secondary N) is 1. The number of carbonyl (C=O) groups is 1. The highest BCUT2D eigenvalue weighted by Crippen LogP contribution is 2.18. The SMILES string of the molecule is COC1=CC(=[N+]=[N-])C(OC)C=C1NC(=O)c1ccc(OC)cc1. The molecule has 23 heavy (non-hydrogen) atoms. The Morgan fingerprint density at radius 2 is 1.87 bits per heavy atom. The first-order chi connectivity index (χ1) is 11.1. The van der Waals surface area contributed by atoms with Crippen LogP contribution in [-0.2, 0) is 9.47 Å². The van der Waals surface area contributed by atoms with Gasteiger partial charge >= 0.3 is 5.71 Å². The van der Waals surface area contributed by atoms with Gasteiger partial charge in [-0.15, -0.1) is 0 Å². The summed E-state index contributed by atoms with van der Waals surface area (Å²) < 4.78 is 15.5. The summed E-state index contributed by atoms with van der Waals surface area (Å²) in [5.74, 6) is 0.730. The molecule has 1 aliphatic carbocycles. The maximum Gasteiger partial charge on any atom is 0.328 e. The van der Waals surface area contributed by atoms with Crippen LogP contribution in [-0.4, -0.2) is 43.8 Å². The number of ether oxygens (including phenoxy) is 3. The van der Waals surface area contributed by atoms with Gasteiger partial charge in [-0.05, 0) is 30.3 Å². The molecular weight excluding hydrogens is 298 g/mol. The summed E-state index contributed by atoms with van der Waals surface area (Å²) in [6.07, 6.45) is 2.53. The lowest BCUT2D eigenvalue weighted by molar-refractivity contribution is -0.0190. The van der Waals surface area contributed by atoms with Crippen LogP contribution in [0.5, 0.6) is 5.75 Å². The molecule has 7 heteroatoms. The summed E-state index contributed by atoms with van der Waals surface area (Å²) in [6, 6.07) is 6.71. The van der Waals surface area contributed by atoms with Crippen LogP contribution >= 0.6 is 0 Å². The Kier molecular flexibility index (Phi) is 5.30. The number of amides is 1. The smallest absolute Gasteiger partial charge is 0.328 e. The second-order valence-corrected chi connectivity index (χ2v) is 4.66. The molecule has 1 aliphatic rings. The zero-order valence-corrected chi connectivity index (χ0v) is 13.1. The van der Waals surface area contributed by atoms with Crippen molar-refractivity contribution in [1.29, 1.82) is 0 Å². The largest absolute Gasteiger partial charge is 0.497 e. The Labute approximate surface area is 133 Å². The molecule has 0 saturated heterocycles. The molecule has 0 radical (unpaired) electrons. The van der Waals surface area contributed by atoms with E-state index in [1.54, 1.807) is 37.5 Å². The van der Waals surface area contributed by atoms with Crippen molar-refractivity contribution in [3.8, 4) is 5.75 Å². The molecule has 1 atom stereocenters. The van der Waals surface area contributed by atoms with E-state index in [0.717, 1.165) is 0 Å². The normalized spacial score (nSPS) is 16.8. The van der Waals surface area contributed by atoms with Crippen molar-refractivity contribution in [3.63, 3.8) is 0 Å². The van der Waals surface area contributed by atoms with Crippen molar-refractivity contribution in [3.05, 3.63) is 59.0 Å². The van der Waals surface area contributed by atoms with Crippen molar-refractivity contribution >= 4 is 11.6 Å². The summed E-state index contributed by atoms with van der Waals surface area (Å²) in [4.78, 5) is 15.5. The molecule has 1 unspecified atom stereocenters. The van der Waals surface area contributed by atoms with Crippen LogP contribution in [0.2, 0.25) is 0 Å². The van der Waals surface area contributed by atoms with Gasteiger partial charge in [-0.2, -0.15) is 4.79 Å². The van der Waals surface area contributed by atoms with E-state index in [9.17, 15) is 4.79 Å². The van der Waals surface area contributed by atoms with Gasteiger partial charge in [-0.3, -0.25) is 4.79 Å². The molecule has 0 bridgehead atoms. The fourth-order valence-corrected chi connectivity index (χ4v) is 2.10. The average Bonchev–Trinajstić information content (AvgIpc) is 2.61. The summed E-state index contributed by atoms with van der Waals surface area (Å²) >= 11 is 0. The van der Waals surface area contributed by atoms with E-state index >= 15 is 0 Å². The van der Waals surface area contributed by atoms with Crippen molar-refractivity contribution in [2.24, 2.45) is 0 Å². The molecule has 1 aromatic carbocycles. The summed E-state index contributed by atoms with van der Waals surface area (Å²) in [7, 11) is 4.49. The fraction of sp³-hybridized carbons (Fsp3) is 0.250. The highest BCUT2D eigenvalue weighted by atomic mass is 16.5. The highest BCUT2D eigenvalue weighted by Gasteiger charge is 2.28. The zero-order valence-electron chi connectivity index (χ0n) is 13.1. The number of benzene rings is 1. The maximum absolute atomic E-state index is 12.3. The Morgan fingerprint density at radius 3 is 2.39 bits per heavy atom. The minimum atomic E-state index is -0.579. The molecule has 0 spiro atoms. The first-order valence-corrected chi connectivity index (χ1v) is 6.81. The lowest BCUT2D eigenvalue weighted by Crippen LogP contribution is -2.32. The average molecular weight is 315 g/mol. The quantitative estimate of drug-likeness (QED) is 0.659. The van der Waals surface area contributed by atoms with Gasteiger partial charge in [-0.25, -0.2) is 0 Å². The molecule has 0 saturated carbocycles. The van der Waals surface area contributed by atoms with Gasteiger partial charge in [0.2, 0.25) is 0 Å². The first-order valence-electron chi connectivity index (χ1n) is 6.81. The van der Waals surface area contributed by atoms with Crippen molar-refractivity contribution < 1.29 is 23.8 Å². The molecule has 2 rings (SSSR count). The van der Waals surface area contributed by atoms with Gasteiger partial charge in [-0.1, -0.05) is 0 Å². The first kappa shape index (κ1) is 16.5. The van der Waals surface area contributed by atoms with Crippen molar-refractivity contribution in [2.75, 3.05) is 21.3 Å². The van der Waals surface area contributed by atoms with Crippen LogP contribution in [0.15, 0.2) is 47.9 Å². The van der Waals surface area contributed by atoms with Crippen LogP contribution in [0.25, 0.3) is 5.53 Å². The minimum absolute atomic E-state index is 0.284. The molecule has 1 N–H and O–H groups in total. The third-order valence-electron chi connectivity index (χ3n) is 3.34. The van der Waals surface area contributed by atoms with E-state index in [2.05, 4.69) is 10.1 Å². The Hall–Kier alpha value is -2.89. The number of rotatable bonds is 5. The second kappa shape index (κ2) is 7.40. The molecule has 7 nitrogen and oxygen atoms in total. The van der Waals surface area contributed by atoms with E-state index in [1.807, 2.05) is 0 Å². The third kappa shape index (κ3) is 3.66. The molecule has 120 valence electrons. The Balaban J connectivity index is 2.22. The number of nitrogens with zero attached hydrogens (tertiary/aromatic N) is 2. The predicted molar refractivity (Wildman–Crippen MR) is 83.1 cm³/mol. The van der Waals surface area contributed by atoms with Gasteiger partial charge in [0.1, 0.15) is 11.5 Å². The minimum Gasteiger partial charge on any atom is -0.497 e. The molecule has 0 fully saturated rings. The Morgan fingerprint density at radius 1 is 1.17 bits per heavy atom. The van der Waals surface area contributed by atoms with Gasteiger partial charge in [0, 0.05) is 12.7 Å². The van der Waals surface area contributed by atoms with E-state index < -0.39 is 6.10 Å². The Bertz CT molecular complexity index is 701. The molecule has 0 heterocycles. The fourth-order valence-electron chi connectivity index (χ4n) is 2.10. The van der Waals surface area contributed by atoms with E-state index in [0.29, 0.717) is 22.8 Å². The number of hydrogen-bond acceptors (Lipinski definition) is 4. The monoisotopic (exact) mass is 315 g/mol. The summed E-state index contributed by atoms with van der Waals surface area (Å²) in [5, 5.41) is 2.75. The molecular formula is C16H17N3O4. The number of carbonyl (C=O) groups excluding carboxylic acids is 1. The highest BCUT2D eigenvalue weighted by molar-refractivity contribution is 6.00. The van der Waals surface area contributed by atoms with Gasteiger partial charge in [0.15, 0.2) is 6.10 Å². The van der Waals surface area contributed by atoms with Crippen LogP contribution in [0, 0.1) is 0 Å². The van der Waals surface area contributed by atoms with Gasteiger partial charge in [0.25, 0.3) is 5.91 Å². The zero-order chi connectivity index (χ0) is 16.8. The van der Waals surface area contributed by atoms with Crippen molar-refractivity contribution in [2.45, 2.75) is 6.10 Å². The number of hydrogen-bond donors (Lipinski definition) is 1. The maximum atomic E-state index is 12.3. The lowest BCUT2D eigenvalue weighted by atomic mass is 10.0.